The van der Waals surface area contributed by atoms with E-state index in [-0.39, 0.29) is 11.4 Å². The summed E-state index contributed by atoms with van der Waals surface area (Å²) >= 11 is 2.22. The summed E-state index contributed by atoms with van der Waals surface area (Å²) in [6, 6.07) is 3.97. The zero-order valence-corrected chi connectivity index (χ0v) is 12.8. The number of amides is 1. The zero-order chi connectivity index (χ0) is 12.8. The summed E-state index contributed by atoms with van der Waals surface area (Å²) in [6.45, 7) is 6.20. The highest BCUT2D eigenvalue weighted by Crippen LogP contribution is 2.42. The van der Waals surface area contributed by atoms with Gasteiger partial charge in [-0.1, -0.05) is 0 Å². The van der Waals surface area contributed by atoms with Crippen molar-refractivity contribution in [3.8, 4) is 0 Å². The van der Waals surface area contributed by atoms with Gasteiger partial charge in [-0.2, -0.15) is 0 Å². The van der Waals surface area contributed by atoms with E-state index in [2.05, 4.69) is 41.4 Å². The van der Waals surface area contributed by atoms with Crippen LogP contribution in [0.15, 0.2) is 18.3 Å². The average Bonchev–Trinajstić information content (AvgIpc) is 2.41. The van der Waals surface area contributed by atoms with E-state index in [9.17, 15) is 4.79 Å². The van der Waals surface area contributed by atoms with Crippen LogP contribution in [0.5, 0.6) is 0 Å². The summed E-state index contributed by atoms with van der Waals surface area (Å²) < 4.78 is 1.09. The Morgan fingerprint density at radius 2 is 2.00 bits per heavy atom. The van der Waals surface area contributed by atoms with Crippen LogP contribution in [-0.4, -0.2) is 28.4 Å². The maximum atomic E-state index is 12.4. The lowest BCUT2D eigenvalue weighted by Gasteiger charge is -2.26. The molecule has 1 saturated heterocycles. The van der Waals surface area contributed by atoms with E-state index in [1.54, 1.807) is 0 Å². The van der Waals surface area contributed by atoms with E-state index < -0.39 is 5.41 Å². The van der Waals surface area contributed by atoms with Crippen molar-refractivity contribution in [1.82, 2.24) is 9.88 Å². The average molecular weight is 344 g/mol. The normalized spacial score (nSPS) is 27.6. The van der Waals surface area contributed by atoms with Crippen molar-refractivity contribution in [3.05, 3.63) is 27.6 Å². The number of likely N-dealkylation sites (N-methyl/N-ethyl adjacent to an activating group) is 1. The fraction of sp³-hybridized carbons (Fsp3) is 0.538. The molecule has 1 aromatic rings. The first-order valence-corrected chi connectivity index (χ1v) is 6.75. The predicted molar refractivity (Wildman–Crippen MR) is 75.8 cm³/mol. The number of nitrogens with zero attached hydrogens (tertiary/aromatic N) is 2. The first-order valence-electron chi connectivity index (χ1n) is 5.68. The highest BCUT2D eigenvalue weighted by molar-refractivity contribution is 14.1. The second-order valence-electron chi connectivity index (χ2n) is 5.55. The molecule has 1 atom stereocenters. The minimum Gasteiger partial charge on any atom is -0.340 e. The number of hydrogen-bond donors (Lipinski definition) is 0. The Morgan fingerprint density at radius 3 is 2.41 bits per heavy atom. The molecule has 2 heterocycles. The van der Waals surface area contributed by atoms with E-state index in [1.165, 1.54) is 0 Å². The standard InChI is InChI=1S/C13H17IN2O/c1-12(2)8-13(3,11(17)16(12)4)10-6-5-9(14)7-15-10/h5-7H,8H2,1-4H3/t13-/m0/s1. The Balaban J connectivity index is 2.44. The molecule has 1 fully saturated rings. The number of hydrogen-bond acceptors (Lipinski definition) is 2. The van der Waals surface area contributed by atoms with Gasteiger partial charge in [0.25, 0.3) is 0 Å². The second-order valence-corrected chi connectivity index (χ2v) is 6.79. The van der Waals surface area contributed by atoms with Crippen molar-refractivity contribution in [2.24, 2.45) is 0 Å². The van der Waals surface area contributed by atoms with Gasteiger partial charge in [0.15, 0.2) is 0 Å². The van der Waals surface area contributed by atoms with Crippen molar-refractivity contribution in [2.75, 3.05) is 7.05 Å². The maximum Gasteiger partial charge on any atom is 0.234 e. The molecule has 0 bridgehead atoms. The van der Waals surface area contributed by atoms with Gasteiger partial charge in [-0.15, -0.1) is 0 Å². The maximum absolute atomic E-state index is 12.4. The van der Waals surface area contributed by atoms with Gasteiger partial charge < -0.3 is 4.90 Å². The van der Waals surface area contributed by atoms with Crippen LogP contribution in [0.3, 0.4) is 0 Å². The summed E-state index contributed by atoms with van der Waals surface area (Å²) in [4.78, 5) is 18.7. The quantitative estimate of drug-likeness (QED) is 0.734. The Kier molecular flexibility index (Phi) is 2.96. The molecular formula is C13H17IN2O. The number of halogens is 1. The third kappa shape index (κ3) is 1.96. The molecule has 0 radical (unpaired) electrons. The highest BCUT2D eigenvalue weighted by Gasteiger charge is 2.52. The second kappa shape index (κ2) is 3.93. The fourth-order valence-corrected chi connectivity index (χ4v) is 2.93. The molecule has 0 aromatic carbocycles. The fourth-order valence-electron chi connectivity index (χ4n) is 2.61. The van der Waals surface area contributed by atoms with Crippen LogP contribution >= 0.6 is 22.6 Å². The highest BCUT2D eigenvalue weighted by atomic mass is 127. The van der Waals surface area contributed by atoms with Crippen LogP contribution in [0.25, 0.3) is 0 Å². The third-order valence-electron chi connectivity index (χ3n) is 3.76. The Bertz CT molecular complexity index is 455. The van der Waals surface area contributed by atoms with Gasteiger partial charge in [0.1, 0.15) is 0 Å². The van der Waals surface area contributed by atoms with Crippen LogP contribution in [-0.2, 0) is 10.2 Å². The van der Waals surface area contributed by atoms with Gasteiger partial charge in [-0.05, 0) is 61.9 Å². The first kappa shape index (κ1) is 12.8. The van der Waals surface area contributed by atoms with Gasteiger partial charge in [-0.3, -0.25) is 9.78 Å². The number of likely N-dealkylation sites (tertiary alicyclic amines) is 1. The lowest BCUT2D eigenvalue weighted by molar-refractivity contribution is -0.132. The molecule has 1 aliphatic heterocycles. The molecule has 1 aliphatic rings. The molecule has 0 unspecified atom stereocenters. The Hall–Kier alpha value is -0.650. The molecular weight excluding hydrogens is 327 g/mol. The minimum absolute atomic E-state index is 0.101. The van der Waals surface area contributed by atoms with Crippen molar-refractivity contribution in [2.45, 2.75) is 38.1 Å². The molecule has 1 amide bonds. The monoisotopic (exact) mass is 344 g/mol. The summed E-state index contributed by atoms with van der Waals surface area (Å²) in [5.41, 5.74) is 0.291. The lowest BCUT2D eigenvalue weighted by Crippen LogP contribution is -2.38. The lowest BCUT2D eigenvalue weighted by atomic mass is 9.80. The summed E-state index contributed by atoms with van der Waals surface area (Å²) in [6.07, 6.45) is 2.63. The molecule has 92 valence electrons. The number of carbonyl (C=O) groups is 1. The first-order chi connectivity index (χ1) is 7.77. The van der Waals surface area contributed by atoms with Crippen molar-refractivity contribution in [1.29, 1.82) is 0 Å². The summed E-state index contributed by atoms with van der Waals surface area (Å²) in [7, 11) is 1.88. The topological polar surface area (TPSA) is 33.2 Å². The molecule has 4 heteroatoms. The smallest absolute Gasteiger partial charge is 0.234 e. The molecule has 0 N–H and O–H groups in total. The summed E-state index contributed by atoms with van der Waals surface area (Å²) in [5.74, 6) is 0.163. The minimum atomic E-state index is -0.484. The molecule has 3 nitrogen and oxygen atoms in total. The molecule has 0 spiro atoms. The van der Waals surface area contributed by atoms with Crippen LogP contribution < -0.4 is 0 Å². The van der Waals surface area contributed by atoms with E-state index in [0.29, 0.717) is 0 Å². The van der Waals surface area contributed by atoms with Gasteiger partial charge in [0, 0.05) is 22.4 Å². The molecule has 0 aliphatic carbocycles. The molecule has 17 heavy (non-hydrogen) atoms. The van der Waals surface area contributed by atoms with Crippen LogP contribution in [0.1, 0.15) is 32.9 Å². The van der Waals surface area contributed by atoms with E-state index in [0.717, 1.165) is 15.7 Å². The van der Waals surface area contributed by atoms with Gasteiger partial charge in [0.05, 0.1) is 11.1 Å². The summed E-state index contributed by atoms with van der Waals surface area (Å²) in [5, 5.41) is 0. The van der Waals surface area contributed by atoms with E-state index in [1.807, 2.05) is 37.2 Å². The SMILES string of the molecule is CN1C(=O)[C@](C)(c2ccc(I)cn2)CC1(C)C. The zero-order valence-electron chi connectivity index (χ0n) is 10.6. The van der Waals surface area contributed by atoms with Crippen molar-refractivity contribution in [3.63, 3.8) is 0 Å². The number of aromatic nitrogens is 1. The predicted octanol–water partition coefficient (Wildman–Crippen LogP) is 2.58. The van der Waals surface area contributed by atoms with Gasteiger partial charge >= 0.3 is 0 Å². The third-order valence-corrected chi connectivity index (χ3v) is 4.40. The van der Waals surface area contributed by atoms with E-state index in [4.69, 9.17) is 0 Å². The van der Waals surface area contributed by atoms with Crippen molar-refractivity contribution < 1.29 is 4.79 Å². The Morgan fingerprint density at radius 1 is 1.35 bits per heavy atom. The van der Waals surface area contributed by atoms with Crippen LogP contribution in [0.2, 0.25) is 0 Å². The van der Waals surface area contributed by atoms with E-state index >= 15 is 0 Å². The van der Waals surface area contributed by atoms with Gasteiger partial charge in [-0.25, -0.2) is 0 Å². The molecule has 1 aromatic heterocycles. The Labute approximate surface area is 116 Å². The van der Waals surface area contributed by atoms with Gasteiger partial charge in [0.2, 0.25) is 5.91 Å². The number of rotatable bonds is 1. The number of carbonyl (C=O) groups excluding carboxylic acids is 1. The van der Waals surface area contributed by atoms with Crippen molar-refractivity contribution >= 4 is 28.5 Å². The molecule has 0 saturated carbocycles. The molecule has 2 rings (SSSR count). The largest absolute Gasteiger partial charge is 0.340 e. The van der Waals surface area contributed by atoms with Crippen LogP contribution in [0, 0.1) is 3.57 Å². The van der Waals surface area contributed by atoms with Crippen LogP contribution in [0.4, 0.5) is 0 Å². The number of pyridine rings is 1.